The molecule has 0 N–H and O–H groups in total. The largest absolute Gasteiger partial charge is 0.455 e. The summed E-state index contributed by atoms with van der Waals surface area (Å²) in [6.07, 6.45) is 0. The van der Waals surface area contributed by atoms with E-state index in [2.05, 4.69) is 194 Å². The van der Waals surface area contributed by atoms with Gasteiger partial charge in [0.05, 0.1) is 0 Å². The SMILES string of the molecule is c1ccc(-c2ccc(-c3cc(-c4c5ccccc5c(-c5cccc6ccccc56)c5ccccc45)cc4c3oc3ccccc34)c3ccccc23)cc1. The maximum absolute atomic E-state index is 6.79. The number of hydrogen-bond donors (Lipinski definition) is 0. The van der Waals surface area contributed by atoms with Gasteiger partial charge in [-0.05, 0) is 100 Å². The van der Waals surface area contributed by atoms with E-state index in [9.17, 15) is 0 Å². The first-order valence-electron chi connectivity index (χ1n) is 18.3. The Kier molecular flexibility index (Phi) is 6.62. The fraction of sp³-hybridized carbons (Fsp3) is 0. The Morgan fingerprint density at radius 1 is 0.264 bits per heavy atom. The van der Waals surface area contributed by atoms with Crippen molar-refractivity contribution < 1.29 is 4.42 Å². The minimum absolute atomic E-state index is 0.895. The maximum atomic E-state index is 6.79. The van der Waals surface area contributed by atoms with Crippen LogP contribution in [0.2, 0.25) is 0 Å². The van der Waals surface area contributed by atoms with Crippen LogP contribution in [0.25, 0.3) is 110 Å². The van der Waals surface area contributed by atoms with Crippen LogP contribution >= 0.6 is 0 Å². The molecule has 246 valence electrons. The average molecular weight is 673 g/mol. The summed E-state index contributed by atoms with van der Waals surface area (Å²) in [5, 5.41) is 12.1. The maximum Gasteiger partial charge on any atom is 0.143 e. The highest BCUT2D eigenvalue weighted by Gasteiger charge is 2.22. The molecule has 0 bridgehead atoms. The standard InChI is InChI=1S/C52H32O/c1-2-15-33(16-3-1)37-29-30-40(39-21-7-6-20-38(37)39)47-31-35(32-48-41-22-12-13-28-49(41)53-52(47)48)50-43-23-8-10-25-45(43)51(46-26-11-9-24-44(46)50)42-27-14-18-34-17-4-5-19-36(34)42/h1-32H. The van der Waals surface area contributed by atoms with Crippen molar-refractivity contribution in [3.63, 3.8) is 0 Å². The van der Waals surface area contributed by atoms with E-state index in [0.717, 1.165) is 33.1 Å². The highest BCUT2D eigenvalue weighted by molar-refractivity contribution is 6.25. The van der Waals surface area contributed by atoms with Crippen LogP contribution in [0.1, 0.15) is 0 Å². The number of fused-ring (bicyclic) bond motifs is 7. The fourth-order valence-electron chi connectivity index (χ4n) is 8.75. The Labute approximate surface area is 307 Å². The predicted molar refractivity (Wildman–Crippen MR) is 225 cm³/mol. The number of benzene rings is 10. The molecule has 0 aliphatic heterocycles. The fourth-order valence-corrected chi connectivity index (χ4v) is 8.75. The molecule has 0 saturated heterocycles. The normalized spacial score (nSPS) is 11.8. The molecule has 53 heavy (non-hydrogen) atoms. The van der Waals surface area contributed by atoms with E-state index >= 15 is 0 Å². The number of rotatable bonds is 4. The van der Waals surface area contributed by atoms with Crippen molar-refractivity contribution in [3.05, 3.63) is 194 Å². The van der Waals surface area contributed by atoms with Gasteiger partial charge in [0, 0.05) is 16.3 Å². The second-order valence-electron chi connectivity index (χ2n) is 13.9. The highest BCUT2D eigenvalue weighted by atomic mass is 16.3. The van der Waals surface area contributed by atoms with Crippen molar-refractivity contribution in [1.82, 2.24) is 0 Å². The minimum Gasteiger partial charge on any atom is -0.455 e. The molecule has 11 aromatic rings. The third-order valence-corrected chi connectivity index (χ3v) is 11.1. The van der Waals surface area contributed by atoms with Crippen molar-refractivity contribution in [3.8, 4) is 44.5 Å². The first-order valence-corrected chi connectivity index (χ1v) is 18.3. The molecular formula is C52H32O. The molecular weight excluding hydrogens is 641 g/mol. The molecule has 0 spiro atoms. The van der Waals surface area contributed by atoms with Gasteiger partial charge in [-0.15, -0.1) is 0 Å². The summed E-state index contributed by atoms with van der Waals surface area (Å²) in [4.78, 5) is 0. The lowest BCUT2D eigenvalue weighted by atomic mass is 9.83. The number of para-hydroxylation sites is 1. The van der Waals surface area contributed by atoms with Gasteiger partial charge in [0.1, 0.15) is 11.2 Å². The predicted octanol–water partition coefficient (Wildman–Crippen LogP) is 14.9. The summed E-state index contributed by atoms with van der Waals surface area (Å²) in [5.74, 6) is 0. The van der Waals surface area contributed by atoms with Crippen LogP contribution in [-0.2, 0) is 0 Å². The van der Waals surface area contributed by atoms with Crippen molar-refractivity contribution in [2.75, 3.05) is 0 Å². The van der Waals surface area contributed by atoms with Crippen LogP contribution in [-0.4, -0.2) is 0 Å². The lowest BCUT2D eigenvalue weighted by Crippen LogP contribution is -1.92. The quantitative estimate of drug-likeness (QED) is 0.170. The highest BCUT2D eigenvalue weighted by Crippen LogP contribution is 2.48. The molecule has 1 heteroatoms. The van der Waals surface area contributed by atoms with Gasteiger partial charge in [0.25, 0.3) is 0 Å². The van der Waals surface area contributed by atoms with Crippen LogP contribution in [0.15, 0.2) is 199 Å². The molecule has 0 unspecified atom stereocenters. The third-order valence-electron chi connectivity index (χ3n) is 11.1. The molecule has 0 aliphatic rings. The molecule has 10 aromatic carbocycles. The number of hydrogen-bond acceptors (Lipinski definition) is 1. The van der Waals surface area contributed by atoms with E-state index < -0.39 is 0 Å². The van der Waals surface area contributed by atoms with E-state index in [4.69, 9.17) is 4.42 Å². The average Bonchev–Trinajstić information content (AvgIpc) is 3.61. The zero-order valence-electron chi connectivity index (χ0n) is 28.9. The molecule has 0 aliphatic carbocycles. The van der Waals surface area contributed by atoms with Crippen molar-refractivity contribution in [1.29, 1.82) is 0 Å². The lowest BCUT2D eigenvalue weighted by Gasteiger charge is -2.19. The van der Waals surface area contributed by atoms with Gasteiger partial charge in [-0.25, -0.2) is 0 Å². The first kappa shape index (κ1) is 29.7. The molecule has 1 nitrogen and oxygen atoms in total. The Morgan fingerprint density at radius 3 is 1.51 bits per heavy atom. The summed E-state index contributed by atoms with van der Waals surface area (Å²) in [7, 11) is 0. The van der Waals surface area contributed by atoms with Gasteiger partial charge in [-0.1, -0.05) is 176 Å². The van der Waals surface area contributed by atoms with Gasteiger partial charge in [0.15, 0.2) is 0 Å². The molecule has 1 aromatic heterocycles. The summed E-state index contributed by atoms with van der Waals surface area (Å²) >= 11 is 0. The van der Waals surface area contributed by atoms with Crippen molar-refractivity contribution in [2.24, 2.45) is 0 Å². The zero-order valence-corrected chi connectivity index (χ0v) is 28.9. The van der Waals surface area contributed by atoms with Gasteiger partial charge in [-0.3, -0.25) is 0 Å². The van der Waals surface area contributed by atoms with E-state index in [0.29, 0.717) is 0 Å². The van der Waals surface area contributed by atoms with Gasteiger partial charge in [-0.2, -0.15) is 0 Å². The van der Waals surface area contributed by atoms with Crippen molar-refractivity contribution >= 4 is 65.0 Å². The molecule has 0 amide bonds. The van der Waals surface area contributed by atoms with Crippen LogP contribution in [0.4, 0.5) is 0 Å². The van der Waals surface area contributed by atoms with Gasteiger partial charge in [0.2, 0.25) is 0 Å². The van der Waals surface area contributed by atoms with Crippen LogP contribution in [0.5, 0.6) is 0 Å². The third kappa shape index (κ3) is 4.58. The minimum atomic E-state index is 0.895. The molecule has 0 saturated carbocycles. The van der Waals surface area contributed by atoms with Gasteiger partial charge < -0.3 is 4.42 Å². The zero-order chi connectivity index (χ0) is 34.9. The Morgan fingerprint density at radius 2 is 0.792 bits per heavy atom. The summed E-state index contributed by atoms with van der Waals surface area (Å²) in [6, 6.07) is 70.5. The second kappa shape index (κ2) is 11.8. The smallest absolute Gasteiger partial charge is 0.143 e. The van der Waals surface area contributed by atoms with Crippen LogP contribution in [0.3, 0.4) is 0 Å². The molecule has 1 heterocycles. The second-order valence-corrected chi connectivity index (χ2v) is 13.9. The lowest BCUT2D eigenvalue weighted by molar-refractivity contribution is 0.670. The molecule has 0 fully saturated rings. The van der Waals surface area contributed by atoms with Crippen LogP contribution < -0.4 is 0 Å². The molecule has 0 radical (unpaired) electrons. The van der Waals surface area contributed by atoms with E-state index in [1.54, 1.807) is 0 Å². The van der Waals surface area contributed by atoms with Gasteiger partial charge >= 0.3 is 0 Å². The number of furan rings is 1. The first-order chi connectivity index (χ1) is 26.3. The van der Waals surface area contributed by atoms with Crippen molar-refractivity contribution in [2.45, 2.75) is 0 Å². The Bertz CT molecular complexity index is 3160. The Balaban J connectivity index is 1.26. The summed E-state index contributed by atoms with van der Waals surface area (Å²) < 4.78 is 6.79. The van der Waals surface area contributed by atoms with E-state index in [1.807, 2.05) is 0 Å². The van der Waals surface area contributed by atoms with E-state index in [-0.39, 0.29) is 0 Å². The Hall–Kier alpha value is -6.96. The molecule has 0 atom stereocenters. The topological polar surface area (TPSA) is 13.1 Å². The van der Waals surface area contributed by atoms with E-state index in [1.165, 1.54) is 76.5 Å². The molecule has 11 rings (SSSR count). The van der Waals surface area contributed by atoms with Crippen LogP contribution in [0, 0.1) is 0 Å². The summed E-state index contributed by atoms with van der Waals surface area (Å²) in [6.45, 7) is 0. The monoisotopic (exact) mass is 672 g/mol. The summed E-state index contributed by atoms with van der Waals surface area (Å²) in [5.41, 5.74) is 11.4.